The molecule has 11 aromatic rings. The van der Waals surface area contributed by atoms with E-state index in [0.29, 0.717) is 0 Å². The Balaban J connectivity index is 0.993. The predicted octanol–water partition coefficient (Wildman–Crippen LogP) is 15.2. The number of nitrogens with zero attached hydrogens (tertiary/aromatic N) is 2. The van der Waals surface area contributed by atoms with Gasteiger partial charge in [0.05, 0.1) is 16.4 Å². The van der Waals surface area contributed by atoms with Crippen molar-refractivity contribution in [1.29, 1.82) is 0 Å². The molecule has 0 amide bonds. The molecule has 0 bridgehead atoms. The van der Waals surface area contributed by atoms with Crippen molar-refractivity contribution in [3.8, 4) is 27.9 Å². The fourth-order valence-electron chi connectivity index (χ4n) is 13.1. The van der Waals surface area contributed by atoms with Crippen molar-refractivity contribution in [2.24, 2.45) is 0 Å². The molecular formula is C64H48N2Si. The Kier molecular flexibility index (Phi) is 7.86. The summed E-state index contributed by atoms with van der Waals surface area (Å²) in [6.07, 6.45) is 0. The van der Waals surface area contributed by atoms with Crippen molar-refractivity contribution in [2.75, 3.05) is 4.90 Å². The van der Waals surface area contributed by atoms with Gasteiger partial charge in [0, 0.05) is 38.9 Å². The molecule has 10 aromatic carbocycles. The van der Waals surface area contributed by atoms with E-state index in [-0.39, 0.29) is 5.41 Å². The van der Waals surface area contributed by atoms with Crippen LogP contribution in [-0.2, 0) is 10.8 Å². The highest BCUT2D eigenvalue weighted by molar-refractivity contribution is 7.01. The number of aromatic nitrogens is 1. The summed E-state index contributed by atoms with van der Waals surface area (Å²) in [6, 6.07) is 83.0. The first kappa shape index (κ1) is 38.5. The van der Waals surface area contributed by atoms with Crippen molar-refractivity contribution in [2.45, 2.75) is 37.8 Å². The average molecular weight is 873 g/mol. The van der Waals surface area contributed by atoms with E-state index >= 15 is 0 Å². The summed E-state index contributed by atoms with van der Waals surface area (Å²) in [7, 11) is -2.30. The fourth-order valence-corrected chi connectivity index (χ4v) is 16.3. The smallest absolute Gasteiger partial charge is 0.113 e. The van der Waals surface area contributed by atoms with Gasteiger partial charge in [0.2, 0.25) is 0 Å². The molecule has 0 N–H and O–H groups in total. The quantitative estimate of drug-likeness (QED) is 0.160. The van der Waals surface area contributed by atoms with E-state index in [1.165, 1.54) is 110 Å². The highest BCUT2D eigenvalue weighted by atomic mass is 28.3. The summed E-state index contributed by atoms with van der Waals surface area (Å²) in [5.74, 6) is 0. The van der Waals surface area contributed by atoms with Gasteiger partial charge in [-0.2, -0.15) is 0 Å². The normalized spacial score (nSPS) is 16.7. The summed E-state index contributed by atoms with van der Waals surface area (Å²) < 4.78 is 2.47. The Hall–Kier alpha value is -7.72. The van der Waals surface area contributed by atoms with Gasteiger partial charge in [-0.1, -0.05) is 185 Å². The third-order valence-electron chi connectivity index (χ3n) is 16.0. The summed E-state index contributed by atoms with van der Waals surface area (Å²) in [6.45, 7) is 9.84. The SMILES string of the molecule is CC1(C)c2ccccc2-c2cc(-n3c4ccccc4c4cc(N(c5ccccc5)c5ccc6c(c5)[Si](C)(C)c5ccccc5C65c6ccccc6-c6cccc7cccc5c67)ccc43)ccc21. The zero-order valence-electron chi connectivity index (χ0n) is 38.2. The summed E-state index contributed by atoms with van der Waals surface area (Å²) in [5.41, 5.74) is 20.2. The van der Waals surface area contributed by atoms with Crippen molar-refractivity contribution in [3.63, 3.8) is 0 Å². The minimum absolute atomic E-state index is 0.0419. The molecule has 318 valence electrons. The molecule has 1 unspecified atom stereocenters. The number of anilines is 3. The third kappa shape index (κ3) is 5.04. The maximum Gasteiger partial charge on any atom is 0.113 e. The van der Waals surface area contributed by atoms with Crippen LogP contribution in [0, 0.1) is 0 Å². The van der Waals surface area contributed by atoms with Crippen LogP contribution in [-0.4, -0.2) is 12.6 Å². The van der Waals surface area contributed by atoms with Gasteiger partial charge in [-0.3, -0.25) is 0 Å². The van der Waals surface area contributed by atoms with Crippen LogP contribution < -0.4 is 15.3 Å². The standard InChI is InChI=1S/C64H48N2Si/c1-63(2)52-26-11-8-23-47(52)50-38-44(32-35-53(50)63)66-58-30-14-10-24-48(58)51-39-43(34-37-59(51)66)65(42-20-6-5-7-21-42)45-33-36-56-61(40-45)67(3,4)60-31-15-13-28-55(60)64(56)54-27-12-9-22-46(54)49-25-16-18-41-19-17-29-57(64)62(41)49/h5-40H,1-4H3. The first-order valence-corrected chi connectivity index (χ1v) is 26.8. The lowest BCUT2D eigenvalue weighted by atomic mass is 9.59. The molecule has 2 nitrogen and oxygen atoms in total. The Labute approximate surface area is 393 Å². The zero-order chi connectivity index (χ0) is 44.8. The van der Waals surface area contributed by atoms with E-state index in [1.807, 2.05) is 0 Å². The van der Waals surface area contributed by atoms with E-state index in [2.05, 4.69) is 255 Å². The lowest BCUT2D eigenvalue weighted by molar-refractivity contribution is 0.660. The van der Waals surface area contributed by atoms with Crippen LogP contribution in [0.3, 0.4) is 0 Å². The lowest BCUT2D eigenvalue weighted by Crippen LogP contribution is -2.63. The van der Waals surface area contributed by atoms with E-state index in [9.17, 15) is 0 Å². The maximum atomic E-state index is 2.58. The first-order valence-electron chi connectivity index (χ1n) is 23.8. The Morgan fingerprint density at radius 3 is 1.81 bits per heavy atom. The number of para-hydroxylation sites is 2. The van der Waals surface area contributed by atoms with Gasteiger partial charge in [0.15, 0.2) is 0 Å². The van der Waals surface area contributed by atoms with Gasteiger partial charge in [0.1, 0.15) is 8.07 Å². The fraction of sp³-hybridized carbons (Fsp3) is 0.0938. The highest BCUT2D eigenvalue weighted by Gasteiger charge is 2.52. The zero-order valence-corrected chi connectivity index (χ0v) is 39.2. The first-order chi connectivity index (χ1) is 32.8. The minimum Gasteiger partial charge on any atom is -0.310 e. The second-order valence-electron chi connectivity index (χ2n) is 20.0. The topological polar surface area (TPSA) is 8.17 Å². The minimum atomic E-state index is -2.30. The van der Waals surface area contributed by atoms with Crippen LogP contribution in [0.5, 0.6) is 0 Å². The largest absolute Gasteiger partial charge is 0.310 e. The van der Waals surface area contributed by atoms with Crippen LogP contribution in [0.1, 0.15) is 47.2 Å². The number of rotatable bonds is 4. The number of benzene rings is 10. The number of fused-ring (bicyclic) bond motifs is 14. The molecule has 67 heavy (non-hydrogen) atoms. The highest BCUT2D eigenvalue weighted by Crippen LogP contribution is 2.57. The van der Waals surface area contributed by atoms with Gasteiger partial charge in [0.25, 0.3) is 0 Å². The molecule has 0 fully saturated rings. The Bertz CT molecular complexity index is 3890. The second-order valence-corrected chi connectivity index (χ2v) is 24.4. The molecular weight excluding hydrogens is 825 g/mol. The second kappa shape index (κ2) is 13.7. The molecule has 0 radical (unpaired) electrons. The molecule has 14 rings (SSSR count). The Morgan fingerprint density at radius 2 is 0.970 bits per heavy atom. The van der Waals surface area contributed by atoms with Crippen molar-refractivity contribution in [3.05, 3.63) is 252 Å². The van der Waals surface area contributed by atoms with Crippen molar-refractivity contribution in [1.82, 2.24) is 4.57 Å². The number of hydrogen-bond acceptors (Lipinski definition) is 1. The van der Waals surface area contributed by atoms with Gasteiger partial charge in [-0.25, -0.2) is 0 Å². The van der Waals surface area contributed by atoms with E-state index in [1.54, 1.807) is 0 Å². The van der Waals surface area contributed by atoms with Crippen molar-refractivity contribution < 1.29 is 0 Å². The third-order valence-corrected chi connectivity index (χ3v) is 19.6. The predicted molar refractivity (Wildman–Crippen MR) is 285 cm³/mol. The van der Waals surface area contributed by atoms with Crippen LogP contribution in [0.25, 0.3) is 60.5 Å². The summed E-state index contributed by atoms with van der Waals surface area (Å²) >= 11 is 0. The molecule has 2 aliphatic carbocycles. The molecule has 3 heteroatoms. The summed E-state index contributed by atoms with van der Waals surface area (Å²) in [5, 5.41) is 8.12. The van der Waals surface area contributed by atoms with Crippen LogP contribution in [0.2, 0.25) is 13.1 Å². The van der Waals surface area contributed by atoms with Crippen molar-refractivity contribution >= 4 is 68.1 Å². The molecule has 1 spiro atoms. The molecule has 0 saturated heterocycles. The van der Waals surface area contributed by atoms with Gasteiger partial charge < -0.3 is 9.47 Å². The lowest BCUT2D eigenvalue weighted by Gasteiger charge is -2.50. The molecule has 1 aromatic heterocycles. The summed E-state index contributed by atoms with van der Waals surface area (Å²) in [4.78, 5) is 2.49. The van der Waals surface area contributed by atoms with Gasteiger partial charge in [-0.05, 0) is 137 Å². The van der Waals surface area contributed by atoms with Crippen LogP contribution >= 0.6 is 0 Å². The van der Waals surface area contributed by atoms with Crippen LogP contribution in [0.15, 0.2) is 218 Å². The molecule has 1 aliphatic heterocycles. The van der Waals surface area contributed by atoms with E-state index in [4.69, 9.17) is 0 Å². The molecule has 0 saturated carbocycles. The van der Waals surface area contributed by atoms with Gasteiger partial charge >= 0.3 is 0 Å². The van der Waals surface area contributed by atoms with E-state index < -0.39 is 13.5 Å². The number of hydrogen-bond donors (Lipinski definition) is 0. The monoisotopic (exact) mass is 872 g/mol. The molecule has 1 atom stereocenters. The van der Waals surface area contributed by atoms with Gasteiger partial charge in [-0.15, -0.1) is 0 Å². The van der Waals surface area contributed by atoms with E-state index in [0.717, 1.165) is 11.4 Å². The van der Waals surface area contributed by atoms with Crippen LogP contribution in [0.4, 0.5) is 17.1 Å². The average Bonchev–Trinajstić information content (AvgIpc) is 3.82. The Morgan fingerprint density at radius 1 is 0.388 bits per heavy atom. The maximum absolute atomic E-state index is 2.58. The molecule has 2 heterocycles. The molecule has 3 aliphatic rings.